The summed E-state index contributed by atoms with van der Waals surface area (Å²) in [5.41, 5.74) is 1.06. The van der Waals surface area contributed by atoms with E-state index in [2.05, 4.69) is 46.2 Å². The van der Waals surface area contributed by atoms with Gasteiger partial charge in [-0.15, -0.1) is 0 Å². The molecule has 7 heteroatoms. The lowest BCUT2D eigenvalue weighted by molar-refractivity contribution is 0.174. The zero-order valence-electron chi connectivity index (χ0n) is 16.5. The van der Waals surface area contributed by atoms with Gasteiger partial charge in [-0.1, -0.05) is 19.9 Å². The quantitative estimate of drug-likeness (QED) is 0.793. The third-order valence-corrected chi connectivity index (χ3v) is 5.65. The monoisotopic (exact) mass is 384 g/mol. The molecular formula is C21H28N4O3. The number of benzene rings is 1. The van der Waals surface area contributed by atoms with Crippen LogP contribution >= 0.6 is 0 Å². The van der Waals surface area contributed by atoms with Crippen LogP contribution in [0.3, 0.4) is 0 Å². The Morgan fingerprint density at radius 2 is 2.04 bits per heavy atom. The second-order valence-electron chi connectivity index (χ2n) is 8.09. The van der Waals surface area contributed by atoms with Crippen molar-refractivity contribution in [3.63, 3.8) is 0 Å². The van der Waals surface area contributed by atoms with Crippen molar-refractivity contribution in [2.45, 2.75) is 44.6 Å². The first-order chi connectivity index (χ1) is 13.6. The van der Waals surface area contributed by atoms with Crippen molar-refractivity contribution in [3.05, 3.63) is 36.2 Å². The minimum absolute atomic E-state index is 0.120. The van der Waals surface area contributed by atoms with Gasteiger partial charge in [0.1, 0.15) is 18.0 Å². The van der Waals surface area contributed by atoms with Crippen LogP contribution in [0.1, 0.15) is 38.7 Å². The van der Waals surface area contributed by atoms with E-state index in [0.717, 1.165) is 48.9 Å². The molecule has 1 saturated heterocycles. The lowest BCUT2D eigenvalue weighted by Crippen LogP contribution is -2.42. The van der Waals surface area contributed by atoms with Gasteiger partial charge in [-0.25, -0.2) is 9.97 Å². The molecule has 2 aliphatic rings. The largest absolute Gasteiger partial charge is 0.454 e. The van der Waals surface area contributed by atoms with Crippen molar-refractivity contribution in [1.29, 1.82) is 0 Å². The van der Waals surface area contributed by atoms with Crippen LogP contribution in [0, 0.1) is 0 Å². The maximum Gasteiger partial charge on any atom is 0.231 e. The predicted octanol–water partition coefficient (Wildman–Crippen LogP) is 2.95. The standard InChI is InChI=1S/C21H28N4O3/c1-21(2,15-6-7-17-18(9-15)28-14-27-17)12-22-19-10-20(24-13-23-19)25-8-4-3-5-16(25)11-26/h6-7,9-10,13,16,26H,3-5,8,11-12,14H2,1-2H3,(H,22,23,24). The second kappa shape index (κ2) is 7.83. The van der Waals surface area contributed by atoms with Gasteiger partial charge in [0.25, 0.3) is 0 Å². The van der Waals surface area contributed by atoms with Crippen LogP contribution in [0.25, 0.3) is 0 Å². The average molecular weight is 384 g/mol. The van der Waals surface area contributed by atoms with Crippen LogP contribution in [-0.2, 0) is 5.41 Å². The second-order valence-corrected chi connectivity index (χ2v) is 8.09. The molecule has 0 saturated carbocycles. The van der Waals surface area contributed by atoms with Gasteiger partial charge in [-0.2, -0.15) is 0 Å². The number of ether oxygens (including phenoxy) is 2. The van der Waals surface area contributed by atoms with Crippen LogP contribution in [0.4, 0.5) is 11.6 Å². The van der Waals surface area contributed by atoms with E-state index in [9.17, 15) is 5.11 Å². The zero-order chi connectivity index (χ0) is 19.6. The van der Waals surface area contributed by atoms with E-state index in [1.165, 1.54) is 5.56 Å². The average Bonchev–Trinajstić information content (AvgIpc) is 3.20. The number of aliphatic hydroxyl groups is 1. The molecule has 1 fully saturated rings. The summed E-state index contributed by atoms with van der Waals surface area (Å²) in [6.45, 7) is 6.45. The zero-order valence-corrected chi connectivity index (χ0v) is 16.5. The molecule has 1 aromatic carbocycles. The fourth-order valence-electron chi connectivity index (χ4n) is 3.82. The van der Waals surface area contributed by atoms with Gasteiger partial charge >= 0.3 is 0 Å². The highest BCUT2D eigenvalue weighted by atomic mass is 16.7. The molecule has 1 unspecified atom stereocenters. The Labute approximate surface area is 165 Å². The number of nitrogens with zero attached hydrogens (tertiary/aromatic N) is 3. The number of fused-ring (bicyclic) bond motifs is 1. The van der Waals surface area contributed by atoms with Crippen molar-refractivity contribution in [1.82, 2.24) is 9.97 Å². The van der Waals surface area contributed by atoms with E-state index in [0.29, 0.717) is 6.54 Å². The van der Waals surface area contributed by atoms with Crippen LogP contribution in [0.15, 0.2) is 30.6 Å². The number of rotatable bonds is 6. The summed E-state index contributed by atoms with van der Waals surface area (Å²) in [6.07, 6.45) is 4.87. The van der Waals surface area contributed by atoms with Crippen molar-refractivity contribution < 1.29 is 14.6 Å². The molecule has 4 rings (SSSR count). The Morgan fingerprint density at radius 3 is 2.89 bits per heavy atom. The Kier molecular flexibility index (Phi) is 5.26. The van der Waals surface area contributed by atoms with Crippen LogP contribution in [0.5, 0.6) is 11.5 Å². The number of hydrogen-bond acceptors (Lipinski definition) is 7. The van der Waals surface area contributed by atoms with Gasteiger partial charge in [-0.05, 0) is 37.0 Å². The van der Waals surface area contributed by atoms with E-state index < -0.39 is 0 Å². The fourth-order valence-corrected chi connectivity index (χ4v) is 3.82. The topological polar surface area (TPSA) is 79.7 Å². The molecule has 0 aliphatic carbocycles. The van der Waals surface area contributed by atoms with Gasteiger partial charge in [0, 0.05) is 24.6 Å². The summed E-state index contributed by atoms with van der Waals surface area (Å²) >= 11 is 0. The van der Waals surface area contributed by atoms with Gasteiger partial charge in [0.15, 0.2) is 11.5 Å². The molecule has 0 amide bonds. The SMILES string of the molecule is CC(C)(CNc1cc(N2CCCCC2CO)ncn1)c1ccc2c(c1)OCO2. The first-order valence-electron chi connectivity index (χ1n) is 9.90. The molecule has 0 radical (unpaired) electrons. The molecule has 0 spiro atoms. The minimum atomic E-state index is -0.120. The lowest BCUT2D eigenvalue weighted by Gasteiger charge is -2.35. The summed E-state index contributed by atoms with van der Waals surface area (Å²) in [6, 6.07) is 8.22. The van der Waals surface area contributed by atoms with Crippen molar-refractivity contribution >= 4 is 11.6 Å². The van der Waals surface area contributed by atoms with Gasteiger partial charge in [0.2, 0.25) is 6.79 Å². The fraction of sp³-hybridized carbons (Fsp3) is 0.524. The van der Waals surface area contributed by atoms with E-state index in [-0.39, 0.29) is 24.9 Å². The third kappa shape index (κ3) is 3.85. The number of piperidine rings is 1. The van der Waals surface area contributed by atoms with E-state index >= 15 is 0 Å². The van der Waals surface area contributed by atoms with Gasteiger partial charge < -0.3 is 24.8 Å². The maximum absolute atomic E-state index is 9.68. The molecule has 2 aliphatic heterocycles. The van der Waals surface area contributed by atoms with Crippen LogP contribution < -0.4 is 19.7 Å². The number of nitrogens with one attached hydrogen (secondary N) is 1. The van der Waals surface area contributed by atoms with Crippen molar-refractivity contribution in [2.24, 2.45) is 0 Å². The maximum atomic E-state index is 9.68. The number of aliphatic hydroxyl groups excluding tert-OH is 1. The molecule has 0 bridgehead atoms. The molecule has 2 N–H and O–H groups in total. The summed E-state index contributed by atoms with van der Waals surface area (Å²) in [4.78, 5) is 11.0. The highest BCUT2D eigenvalue weighted by Crippen LogP contribution is 2.36. The molecule has 150 valence electrons. The Morgan fingerprint density at radius 1 is 1.18 bits per heavy atom. The molecule has 2 aromatic rings. The third-order valence-electron chi connectivity index (χ3n) is 5.65. The number of aromatic nitrogens is 2. The molecular weight excluding hydrogens is 356 g/mol. The first-order valence-corrected chi connectivity index (χ1v) is 9.90. The van der Waals surface area contributed by atoms with Gasteiger partial charge in [-0.3, -0.25) is 0 Å². The van der Waals surface area contributed by atoms with Crippen molar-refractivity contribution in [3.8, 4) is 11.5 Å². The molecule has 28 heavy (non-hydrogen) atoms. The van der Waals surface area contributed by atoms with Crippen LogP contribution in [0.2, 0.25) is 0 Å². The molecule has 1 aromatic heterocycles. The summed E-state index contributed by atoms with van der Waals surface area (Å²) in [5.74, 6) is 3.26. The van der Waals surface area contributed by atoms with E-state index in [4.69, 9.17) is 9.47 Å². The predicted molar refractivity (Wildman–Crippen MR) is 108 cm³/mol. The Bertz CT molecular complexity index is 827. The van der Waals surface area contributed by atoms with E-state index in [1.807, 2.05) is 12.1 Å². The van der Waals surface area contributed by atoms with E-state index in [1.54, 1.807) is 6.33 Å². The number of anilines is 2. The Hall–Kier alpha value is -2.54. The highest BCUT2D eigenvalue weighted by Gasteiger charge is 2.25. The summed E-state index contributed by atoms with van der Waals surface area (Å²) in [7, 11) is 0. The van der Waals surface area contributed by atoms with Crippen molar-refractivity contribution in [2.75, 3.05) is 36.7 Å². The summed E-state index contributed by atoms with van der Waals surface area (Å²) < 4.78 is 10.9. The number of hydrogen-bond donors (Lipinski definition) is 2. The molecule has 3 heterocycles. The molecule has 1 atom stereocenters. The highest BCUT2D eigenvalue weighted by molar-refractivity contribution is 5.51. The van der Waals surface area contributed by atoms with Gasteiger partial charge in [0.05, 0.1) is 12.6 Å². The normalized spacial score (nSPS) is 19.0. The molecule has 7 nitrogen and oxygen atoms in total. The van der Waals surface area contributed by atoms with Crippen LogP contribution in [-0.4, -0.2) is 47.6 Å². The summed E-state index contributed by atoms with van der Waals surface area (Å²) in [5, 5.41) is 13.1. The smallest absolute Gasteiger partial charge is 0.231 e. The Balaban J connectivity index is 1.45. The minimum Gasteiger partial charge on any atom is -0.454 e. The lowest BCUT2D eigenvalue weighted by atomic mass is 9.84. The first kappa shape index (κ1) is 18.8.